The minimum atomic E-state index is -3.74. The molecule has 1 saturated heterocycles. The van der Waals surface area contributed by atoms with Crippen molar-refractivity contribution in [3.63, 3.8) is 0 Å². The Labute approximate surface area is 152 Å². The van der Waals surface area contributed by atoms with Gasteiger partial charge in [-0.05, 0) is 18.6 Å². The van der Waals surface area contributed by atoms with Crippen molar-refractivity contribution < 1.29 is 27.5 Å². The molecule has 1 aromatic carbocycles. The quantitative estimate of drug-likeness (QED) is 0.321. The number of hydrogen-bond donors (Lipinski definition) is 2. The number of benzene rings is 1. The predicted molar refractivity (Wildman–Crippen MR) is 94.5 cm³/mol. The van der Waals surface area contributed by atoms with Gasteiger partial charge in [0.1, 0.15) is 4.90 Å². The van der Waals surface area contributed by atoms with Gasteiger partial charge in [0.2, 0.25) is 10.0 Å². The van der Waals surface area contributed by atoms with Crippen LogP contribution < -0.4 is 10.0 Å². The van der Waals surface area contributed by atoms with E-state index in [0.29, 0.717) is 13.0 Å². The fourth-order valence-corrected chi connectivity index (χ4v) is 3.45. The molecule has 0 saturated carbocycles. The molecule has 0 spiro atoms. The number of rotatable bonds is 7. The van der Waals surface area contributed by atoms with E-state index in [1.807, 2.05) is 6.92 Å². The lowest BCUT2D eigenvalue weighted by Gasteiger charge is -2.29. The van der Waals surface area contributed by atoms with E-state index in [4.69, 9.17) is 9.47 Å². The second-order valence-electron chi connectivity index (χ2n) is 6.13. The second-order valence-corrected chi connectivity index (χ2v) is 7.86. The number of cyclic esters (lactones) is 2. The van der Waals surface area contributed by atoms with E-state index in [1.165, 1.54) is 26.0 Å². The molecule has 26 heavy (non-hydrogen) atoms. The number of carbonyl (C=O) groups is 2. The summed E-state index contributed by atoms with van der Waals surface area (Å²) in [6, 6.07) is 6.16. The summed E-state index contributed by atoms with van der Waals surface area (Å²) in [4.78, 5) is 23.9. The maximum absolute atomic E-state index is 12.4. The highest BCUT2D eigenvalue weighted by Gasteiger charge is 2.39. The van der Waals surface area contributed by atoms with Crippen LogP contribution in [0.3, 0.4) is 0 Å². The summed E-state index contributed by atoms with van der Waals surface area (Å²) in [7, 11) is -3.74. The number of hydrogen-bond acceptors (Lipinski definition) is 7. The SMILES string of the molecule is CCCCNS(=O)(=O)c1ccccc1NC=C1C(=O)OC(C)(C)OC1=O. The summed E-state index contributed by atoms with van der Waals surface area (Å²) in [6.07, 6.45) is 2.65. The summed E-state index contributed by atoms with van der Waals surface area (Å²) in [5.41, 5.74) is -0.134. The number of nitrogens with one attached hydrogen (secondary N) is 2. The van der Waals surface area contributed by atoms with Crippen LogP contribution in [0.4, 0.5) is 5.69 Å². The fraction of sp³-hybridized carbons (Fsp3) is 0.412. The van der Waals surface area contributed by atoms with Crippen molar-refractivity contribution in [3.8, 4) is 0 Å². The summed E-state index contributed by atoms with van der Waals surface area (Å²) >= 11 is 0. The number of carbonyl (C=O) groups excluding carboxylic acids is 2. The van der Waals surface area contributed by atoms with E-state index in [0.717, 1.165) is 12.6 Å². The highest BCUT2D eigenvalue weighted by molar-refractivity contribution is 7.89. The molecule has 8 nitrogen and oxygen atoms in total. The third-order valence-corrected chi connectivity index (χ3v) is 5.01. The van der Waals surface area contributed by atoms with Gasteiger partial charge in [0.15, 0.2) is 5.57 Å². The van der Waals surface area contributed by atoms with Crippen LogP contribution in [-0.2, 0) is 29.1 Å². The Kier molecular flexibility index (Phi) is 6.04. The first-order valence-corrected chi connectivity index (χ1v) is 9.66. The number of anilines is 1. The van der Waals surface area contributed by atoms with Gasteiger partial charge in [-0.25, -0.2) is 22.7 Å². The summed E-state index contributed by atoms with van der Waals surface area (Å²) in [5, 5.41) is 2.68. The third kappa shape index (κ3) is 4.83. The van der Waals surface area contributed by atoms with Crippen LogP contribution in [0.2, 0.25) is 0 Å². The first-order valence-electron chi connectivity index (χ1n) is 8.18. The van der Waals surface area contributed by atoms with Gasteiger partial charge in [0, 0.05) is 26.6 Å². The Morgan fingerprint density at radius 2 is 1.73 bits per heavy atom. The third-order valence-electron chi connectivity index (χ3n) is 3.49. The molecule has 2 rings (SSSR count). The summed E-state index contributed by atoms with van der Waals surface area (Å²) in [5.74, 6) is -3.03. The Morgan fingerprint density at radius 3 is 2.35 bits per heavy atom. The molecule has 2 N–H and O–H groups in total. The van der Waals surface area contributed by atoms with Gasteiger partial charge in [-0.3, -0.25) is 0 Å². The van der Waals surface area contributed by atoms with Crippen LogP contribution in [-0.4, -0.2) is 32.7 Å². The van der Waals surface area contributed by atoms with Crippen LogP contribution in [0.15, 0.2) is 40.9 Å². The van der Waals surface area contributed by atoms with Crippen LogP contribution in [0.25, 0.3) is 0 Å². The number of sulfonamides is 1. The highest BCUT2D eigenvalue weighted by Crippen LogP contribution is 2.24. The minimum absolute atomic E-state index is 0.00540. The summed E-state index contributed by atoms with van der Waals surface area (Å²) < 4.78 is 37.4. The van der Waals surface area contributed by atoms with Crippen LogP contribution in [0.1, 0.15) is 33.6 Å². The van der Waals surface area contributed by atoms with Crippen molar-refractivity contribution in [2.75, 3.05) is 11.9 Å². The topological polar surface area (TPSA) is 111 Å². The smallest absolute Gasteiger partial charge is 0.350 e. The highest BCUT2D eigenvalue weighted by atomic mass is 32.2. The van der Waals surface area contributed by atoms with Crippen LogP contribution in [0.5, 0.6) is 0 Å². The molecule has 1 aliphatic rings. The number of esters is 2. The zero-order valence-corrected chi connectivity index (χ0v) is 15.7. The predicted octanol–water partition coefficient (Wildman–Crippen LogP) is 1.90. The molecule has 0 aromatic heterocycles. The number of ether oxygens (including phenoxy) is 2. The normalized spacial score (nSPS) is 16.7. The van der Waals surface area contributed by atoms with E-state index >= 15 is 0 Å². The molecule has 0 amide bonds. The lowest BCUT2D eigenvalue weighted by molar-refractivity contribution is -0.222. The molecule has 1 heterocycles. The maximum Gasteiger partial charge on any atom is 0.350 e. The van der Waals surface area contributed by atoms with Gasteiger partial charge < -0.3 is 14.8 Å². The first kappa shape index (κ1) is 19.9. The molecule has 9 heteroatoms. The second kappa shape index (κ2) is 7.88. The van der Waals surface area contributed by atoms with Gasteiger partial charge >= 0.3 is 11.9 Å². The largest absolute Gasteiger partial charge is 0.419 e. The van der Waals surface area contributed by atoms with Gasteiger partial charge in [-0.15, -0.1) is 0 Å². The molecular weight excluding hydrogens is 360 g/mol. The van der Waals surface area contributed by atoms with E-state index in [9.17, 15) is 18.0 Å². The monoisotopic (exact) mass is 382 g/mol. The van der Waals surface area contributed by atoms with E-state index < -0.39 is 27.7 Å². The number of unbranched alkanes of at least 4 members (excludes halogenated alkanes) is 1. The van der Waals surface area contributed by atoms with Crippen molar-refractivity contribution in [1.29, 1.82) is 0 Å². The van der Waals surface area contributed by atoms with Gasteiger partial charge in [-0.1, -0.05) is 25.5 Å². The van der Waals surface area contributed by atoms with Crippen molar-refractivity contribution >= 4 is 27.6 Å². The van der Waals surface area contributed by atoms with Crippen LogP contribution >= 0.6 is 0 Å². The molecule has 142 valence electrons. The van der Waals surface area contributed by atoms with Crippen LogP contribution in [0, 0.1) is 0 Å². The summed E-state index contributed by atoms with van der Waals surface area (Å²) in [6.45, 7) is 5.16. The zero-order valence-electron chi connectivity index (χ0n) is 14.9. The molecule has 1 fully saturated rings. The zero-order chi connectivity index (χ0) is 19.4. The first-order chi connectivity index (χ1) is 12.2. The minimum Gasteiger partial charge on any atom is -0.419 e. The Bertz CT molecular complexity index is 807. The molecule has 0 bridgehead atoms. The lowest BCUT2D eigenvalue weighted by Crippen LogP contribution is -2.42. The van der Waals surface area contributed by atoms with Crippen molar-refractivity contribution in [2.45, 2.75) is 44.3 Å². The van der Waals surface area contributed by atoms with Gasteiger partial charge in [-0.2, -0.15) is 0 Å². The molecule has 1 aliphatic heterocycles. The van der Waals surface area contributed by atoms with E-state index in [2.05, 4.69) is 10.0 Å². The maximum atomic E-state index is 12.4. The molecule has 0 aliphatic carbocycles. The average Bonchev–Trinajstić information content (AvgIpc) is 2.53. The Morgan fingerprint density at radius 1 is 1.12 bits per heavy atom. The van der Waals surface area contributed by atoms with E-state index in [-0.39, 0.29) is 16.2 Å². The van der Waals surface area contributed by atoms with E-state index in [1.54, 1.807) is 12.1 Å². The molecule has 0 radical (unpaired) electrons. The van der Waals surface area contributed by atoms with Gasteiger partial charge in [0.25, 0.3) is 5.79 Å². The Hall–Kier alpha value is -2.39. The van der Waals surface area contributed by atoms with Crippen molar-refractivity contribution in [1.82, 2.24) is 4.72 Å². The van der Waals surface area contributed by atoms with Crippen molar-refractivity contribution in [3.05, 3.63) is 36.0 Å². The molecular formula is C17H22N2O6S. The van der Waals surface area contributed by atoms with Crippen molar-refractivity contribution in [2.24, 2.45) is 0 Å². The molecule has 0 unspecified atom stereocenters. The Balaban J connectivity index is 2.23. The fourth-order valence-electron chi connectivity index (χ4n) is 2.21. The molecule has 0 atom stereocenters. The average molecular weight is 382 g/mol. The number of para-hydroxylation sites is 1. The molecule has 1 aromatic rings. The van der Waals surface area contributed by atoms with Gasteiger partial charge in [0.05, 0.1) is 5.69 Å². The standard InChI is InChI=1S/C17H22N2O6S/c1-4-5-10-19-26(22,23)14-9-7-6-8-13(14)18-11-12-15(20)24-17(2,3)25-16(12)21/h6-9,11,18-19H,4-5,10H2,1-3H3. The lowest BCUT2D eigenvalue weighted by atomic mass is 10.2.